The lowest BCUT2D eigenvalue weighted by Crippen LogP contribution is -2.24. The van der Waals surface area contributed by atoms with Crippen LogP contribution in [0.4, 0.5) is 13.2 Å². The largest absolute Gasteiger partial charge is 0.416 e. The summed E-state index contributed by atoms with van der Waals surface area (Å²) >= 11 is 0. The van der Waals surface area contributed by atoms with E-state index in [1.165, 1.54) is 46.9 Å². The zero-order valence-corrected chi connectivity index (χ0v) is 17.1. The molecule has 4 aromatic carbocycles. The molecule has 4 aromatic rings. The molecule has 0 spiro atoms. The van der Waals surface area contributed by atoms with Crippen molar-refractivity contribution >= 4 is 21.5 Å². The van der Waals surface area contributed by atoms with Crippen LogP contribution < -0.4 is 0 Å². The van der Waals surface area contributed by atoms with Crippen molar-refractivity contribution in [2.75, 3.05) is 0 Å². The SMILES string of the molecule is CC1(C)CCCc2ccc3c(ccc4c(-c5cccc(C(F)(F)F)c5)cccc43)c21. The average molecular weight is 404 g/mol. The van der Waals surface area contributed by atoms with E-state index >= 15 is 0 Å². The molecule has 0 aliphatic heterocycles. The number of benzene rings is 4. The van der Waals surface area contributed by atoms with Crippen LogP contribution in [0.1, 0.15) is 43.4 Å². The first-order valence-corrected chi connectivity index (χ1v) is 10.4. The highest BCUT2D eigenvalue weighted by Crippen LogP contribution is 2.43. The van der Waals surface area contributed by atoms with Crippen LogP contribution >= 0.6 is 0 Å². The van der Waals surface area contributed by atoms with Crippen molar-refractivity contribution in [3.63, 3.8) is 0 Å². The summed E-state index contributed by atoms with van der Waals surface area (Å²) < 4.78 is 39.7. The Morgan fingerprint density at radius 1 is 0.767 bits per heavy atom. The monoisotopic (exact) mass is 404 g/mol. The second kappa shape index (κ2) is 6.60. The van der Waals surface area contributed by atoms with Gasteiger partial charge in [0.15, 0.2) is 0 Å². The minimum atomic E-state index is -4.35. The molecule has 0 nitrogen and oxygen atoms in total. The van der Waals surface area contributed by atoms with E-state index in [0.29, 0.717) is 5.56 Å². The van der Waals surface area contributed by atoms with Crippen molar-refractivity contribution in [3.05, 3.63) is 83.4 Å². The van der Waals surface area contributed by atoms with Crippen LogP contribution in [-0.2, 0) is 18.0 Å². The Hall–Kier alpha value is -2.81. The third-order valence-corrected chi connectivity index (χ3v) is 6.57. The molecule has 0 saturated carbocycles. The van der Waals surface area contributed by atoms with Gasteiger partial charge >= 0.3 is 6.18 Å². The van der Waals surface area contributed by atoms with Crippen molar-refractivity contribution < 1.29 is 13.2 Å². The molecule has 0 fully saturated rings. The van der Waals surface area contributed by atoms with Gasteiger partial charge in [-0.3, -0.25) is 0 Å². The van der Waals surface area contributed by atoms with E-state index in [0.717, 1.165) is 28.8 Å². The fourth-order valence-electron chi connectivity index (χ4n) is 5.19. The molecule has 1 aliphatic rings. The molecule has 0 atom stereocenters. The van der Waals surface area contributed by atoms with Gasteiger partial charge in [-0.15, -0.1) is 0 Å². The molecule has 152 valence electrons. The number of fused-ring (bicyclic) bond motifs is 5. The van der Waals surface area contributed by atoms with Gasteiger partial charge in [-0.25, -0.2) is 0 Å². The lowest BCUT2D eigenvalue weighted by atomic mass is 9.70. The summed E-state index contributed by atoms with van der Waals surface area (Å²) in [4.78, 5) is 0. The maximum Gasteiger partial charge on any atom is 0.416 e. The van der Waals surface area contributed by atoms with Crippen molar-refractivity contribution in [2.24, 2.45) is 0 Å². The summed E-state index contributed by atoms with van der Waals surface area (Å²) in [5.74, 6) is 0. The van der Waals surface area contributed by atoms with Crippen molar-refractivity contribution in [1.82, 2.24) is 0 Å². The van der Waals surface area contributed by atoms with Gasteiger partial charge in [0.1, 0.15) is 0 Å². The number of alkyl halides is 3. The lowest BCUT2D eigenvalue weighted by molar-refractivity contribution is -0.137. The topological polar surface area (TPSA) is 0 Å². The van der Waals surface area contributed by atoms with E-state index in [1.807, 2.05) is 12.1 Å². The highest BCUT2D eigenvalue weighted by Gasteiger charge is 2.31. The fraction of sp³-hybridized carbons (Fsp3) is 0.259. The molecule has 3 heteroatoms. The molecule has 0 heterocycles. The zero-order valence-electron chi connectivity index (χ0n) is 17.1. The predicted octanol–water partition coefficient (Wildman–Crippen LogP) is 8.29. The third-order valence-electron chi connectivity index (χ3n) is 6.57. The molecule has 0 N–H and O–H groups in total. The molecule has 0 unspecified atom stereocenters. The Balaban J connectivity index is 1.77. The second-order valence-corrected chi connectivity index (χ2v) is 8.98. The van der Waals surface area contributed by atoms with E-state index in [9.17, 15) is 13.2 Å². The Kier molecular flexibility index (Phi) is 4.22. The van der Waals surface area contributed by atoms with Crippen molar-refractivity contribution in [3.8, 4) is 11.1 Å². The van der Waals surface area contributed by atoms with Gasteiger partial charge in [0, 0.05) is 0 Å². The van der Waals surface area contributed by atoms with Crippen LogP contribution in [0.15, 0.2) is 66.7 Å². The molecule has 0 bridgehead atoms. The van der Waals surface area contributed by atoms with E-state index in [4.69, 9.17) is 0 Å². The quantitative estimate of drug-likeness (QED) is 0.280. The van der Waals surface area contributed by atoms with E-state index in [2.05, 4.69) is 44.2 Å². The van der Waals surface area contributed by atoms with Crippen LogP contribution in [0, 0.1) is 0 Å². The summed E-state index contributed by atoms with van der Waals surface area (Å²) in [5, 5.41) is 4.52. The minimum absolute atomic E-state index is 0.124. The first-order valence-electron chi connectivity index (χ1n) is 10.4. The molecule has 30 heavy (non-hydrogen) atoms. The van der Waals surface area contributed by atoms with E-state index < -0.39 is 11.7 Å². The molecule has 0 amide bonds. The second-order valence-electron chi connectivity index (χ2n) is 8.98. The van der Waals surface area contributed by atoms with Crippen LogP contribution in [-0.4, -0.2) is 0 Å². The van der Waals surface area contributed by atoms with Crippen LogP contribution in [0.5, 0.6) is 0 Å². The maximum atomic E-state index is 13.2. The van der Waals surface area contributed by atoms with Gasteiger partial charge in [-0.2, -0.15) is 13.2 Å². The Morgan fingerprint density at radius 2 is 1.47 bits per heavy atom. The van der Waals surface area contributed by atoms with Gasteiger partial charge in [-0.05, 0) is 80.6 Å². The Morgan fingerprint density at radius 3 is 2.27 bits per heavy atom. The smallest absolute Gasteiger partial charge is 0.166 e. The summed E-state index contributed by atoms with van der Waals surface area (Å²) in [5.41, 5.74) is 3.78. The summed E-state index contributed by atoms with van der Waals surface area (Å²) in [6.07, 6.45) is -0.866. The number of aryl methyl sites for hydroxylation is 1. The first-order chi connectivity index (χ1) is 14.3. The summed E-state index contributed by atoms with van der Waals surface area (Å²) in [7, 11) is 0. The fourth-order valence-corrected chi connectivity index (χ4v) is 5.19. The third kappa shape index (κ3) is 2.99. The van der Waals surface area contributed by atoms with E-state index in [-0.39, 0.29) is 5.41 Å². The molecular formula is C27H23F3. The number of hydrogen-bond acceptors (Lipinski definition) is 0. The number of rotatable bonds is 1. The van der Waals surface area contributed by atoms with E-state index in [1.54, 1.807) is 6.07 Å². The minimum Gasteiger partial charge on any atom is -0.166 e. The highest BCUT2D eigenvalue weighted by molar-refractivity contribution is 6.13. The average Bonchev–Trinajstić information content (AvgIpc) is 2.72. The van der Waals surface area contributed by atoms with Gasteiger partial charge in [0.25, 0.3) is 0 Å². The number of hydrogen-bond donors (Lipinski definition) is 0. The van der Waals surface area contributed by atoms with Gasteiger partial charge in [-0.1, -0.05) is 68.4 Å². The van der Waals surface area contributed by atoms with Crippen LogP contribution in [0.25, 0.3) is 32.7 Å². The zero-order chi connectivity index (χ0) is 21.1. The molecule has 0 aromatic heterocycles. The molecule has 0 radical (unpaired) electrons. The van der Waals surface area contributed by atoms with Crippen molar-refractivity contribution in [1.29, 1.82) is 0 Å². The van der Waals surface area contributed by atoms with Gasteiger partial charge in [0.05, 0.1) is 5.56 Å². The maximum absolute atomic E-state index is 13.2. The van der Waals surface area contributed by atoms with Gasteiger partial charge < -0.3 is 0 Å². The standard InChI is InChI=1S/C27H23F3/c1-26(2)15-5-7-17-11-12-23-21-10-4-9-20(22(21)13-14-24(23)25(17)26)18-6-3-8-19(16-18)27(28,29)30/h3-4,6,8-14,16H,5,7,15H2,1-2H3. The molecule has 0 saturated heterocycles. The number of halogens is 3. The lowest BCUT2D eigenvalue weighted by Gasteiger charge is -2.34. The normalized spacial score (nSPS) is 16.0. The molecular weight excluding hydrogens is 381 g/mol. The summed E-state index contributed by atoms with van der Waals surface area (Å²) in [6.45, 7) is 4.63. The van der Waals surface area contributed by atoms with Crippen molar-refractivity contribution in [2.45, 2.75) is 44.7 Å². The molecule has 1 aliphatic carbocycles. The molecule has 5 rings (SSSR count). The Bertz CT molecular complexity index is 1280. The van der Waals surface area contributed by atoms with Crippen LogP contribution in [0.2, 0.25) is 0 Å². The van der Waals surface area contributed by atoms with Gasteiger partial charge in [0.2, 0.25) is 0 Å². The van der Waals surface area contributed by atoms with Crippen LogP contribution in [0.3, 0.4) is 0 Å². The Labute approximate surface area is 174 Å². The summed E-state index contributed by atoms with van der Waals surface area (Å²) in [6, 6.07) is 20.2. The first kappa shape index (κ1) is 19.2. The highest BCUT2D eigenvalue weighted by atomic mass is 19.4. The predicted molar refractivity (Wildman–Crippen MR) is 118 cm³/mol.